The third-order valence-corrected chi connectivity index (χ3v) is 5.38. The Kier molecular flexibility index (Phi) is 5.52. The lowest BCUT2D eigenvalue weighted by atomic mass is 10.2. The van der Waals surface area contributed by atoms with Gasteiger partial charge in [0.15, 0.2) is 0 Å². The fourth-order valence-electron chi connectivity index (χ4n) is 2.55. The summed E-state index contributed by atoms with van der Waals surface area (Å²) in [5, 5.41) is 3.56. The van der Waals surface area contributed by atoms with Crippen LogP contribution in [0, 0.1) is 5.92 Å². The summed E-state index contributed by atoms with van der Waals surface area (Å²) >= 11 is 6.43. The highest BCUT2D eigenvalue weighted by Gasteiger charge is 2.35. The smallest absolute Gasteiger partial charge is 0.230 e. The minimum absolute atomic E-state index is 0.196. The van der Waals surface area contributed by atoms with Gasteiger partial charge in [0.05, 0.1) is 23.3 Å². The molecule has 1 amide bonds. The zero-order chi connectivity index (χ0) is 18.1. The third kappa shape index (κ3) is 4.06. The molecule has 1 aromatic rings. The number of alkyl halides is 1. The standard InChI is InChI=1S/C15H21ClN4O3S/c1-11(10-24(4,22)23)15(21)18(2)13-9-20(19(3)14(13)16)12-6-5-7-17-8-12/h5-9,11,14H,10H2,1-4H3. The maximum Gasteiger partial charge on any atom is 0.230 e. The van der Waals surface area contributed by atoms with E-state index in [1.54, 1.807) is 55.7 Å². The molecule has 2 unspecified atom stereocenters. The number of rotatable bonds is 5. The lowest BCUT2D eigenvalue weighted by Gasteiger charge is -2.28. The van der Waals surface area contributed by atoms with Gasteiger partial charge in [-0.25, -0.2) is 8.42 Å². The van der Waals surface area contributed by atoms with Gasteiger partial charge in [0.2, 0.25) is 5.91 Å². The summed E-state index contributed by atoms with van der Waals surface area (Å²) in [5.41, 5.74) is 0.837. The first-order chi connectivity index (χ1) is 11.1. The molecule has 0 saturated heterocycles. The van der Waals surface area contributed by atoms with E-state index in [1.807, 2.05) is 6.07 Å². The van der Waals surface area contributed by atoms with Crippen LogP contribution >= 0.6 is 11.6 Å². The number of sulfone groups is 1. The minimum Gasteiger partial charge on any atom is -0.315 e. The van der Waals surface area contributed by atoms with Crippen LogP contribution in [0.15, 0.2) is 36.4 Å². The largest absolute Gasteiger partial charge is 0.315 e. The van der Waals surface area contributed by atoms with Crippen LogP contribution in [0.3, 0.4) is 0 Å². The van der Waals surface area contributed by atoms with Gasteiger partial charge >= 0.3 is 0 Å². The normalized spacial score (nSPS) is 20.0. The molecule has 2 atom stereocenters. The van der Waals surface area contributed by atoms with Crippen LogP contribution in [0.5, 0.6) is 0 Å². The van der Waals surface area contributed by atoms with E-state index < -0.39 is 21.3 Å². The van der Waals surface area contributed by atoms with E-state index in [0.717, 1.165) is 11.9 Å². The summed E-state index contributed by atoms with van der Waals surface area (Å²) in [6.07, 6.45) is 6.23. The highest BCUT2D eigenvalue weighted by Crippen LogP contribution is 2.30. The van der Waals surface area contributed by atoms with E-state index in [0.29, 0.717) is 5.70 Å². The van der Waals surface area contributed by atoms with Crippen LogP contribution in [-0.2, 0) is 14.6 Å². The SMILES string of the molecule is CC(CS(C)(=O)=O)C(=O)N(C)C1=CN(c2cccnc2)N(C)C1Cl. The van der Waals surface area contributed by atoms with Crippen LogP contribution in [0.1, 0.15) is 6.92 Å². The Labute approximate surface area is 147 Å². The number of anilines is 1. The number of nitrogens with zero attached hydrogens (tertiary/aromatic N) is 4. The Bertz CT molecular complexity index is 738. The number of carbonyl (C=O) groups is 1. The molecule has 1 aromatic heterocycles. The number of hydrogen-bond donors (Lipinski definition) is 0. The van der Waals surface area contributed by atoms with Crippen LogP contribution in [0.4, 0.5) is 5.69 Å². The first kappa shape index (κ1) is 18.7. The predicted octanol–water partition coefficient (Wildman–Crippen LogP) is 1.29. The zero-order valence-corrected chi connectivity index (χ0v) is 15.6. The second-order valence-electron chi connectivity index (χ2n) is 5.91. The Hall–Kier alpha value is -1.64. The van der Waals surface area contributed by atoms with E-state index in [-0.39, 0.29) is 11.7 Å². The van der Waals surface area contributed by atoms with Crippen molar-refractivity contribution in [2.45, 2.75) is 12.4 Å². The van der Waals surface area contributed by atoms with Crippen molar-refractivity contribution in [3.63, 3.8) is 0 Å². The summed E-state index contributed by atoms with van der Waals surface area (Å²) in [5.74, 6) is -1.13. The molecule has 0 fully saturated rings. The molecule has 2 rings (SSSR count). The molecule has 132 valence electrons. The third-order valence-electron chi connectivity index (χ3n) is 3.77. The van der Waals surface area contributed by atoms with Crippen molar-refractivity contribution in [1.29, 1.82) is 0 Å². The average molecular weight is 373 g/mol. The van der Waals surface area contributed by atoms with Gasteiger partial charge in [0.25, 0.3) is 0 Å². The summed E-state index contributed by atoms with van der Waals surface area (Å²) < 4.78 is 22.8. The molecule has 24 heavy (non-hydrogen) atoms. The van der Waals surface area contributed by atoms with Gasteiger partial charge in [0.1, 0.15) is 15.3 Å². The highest BCUT2D eigenvalue weighted by molar-refractivity contribution is 7.90. The highest BCUT2D eigenvalue weighted by atomic mass is 35.5. The van der Waals surface area contributed by atoms with E-state index in [4.69, 9.17) is 11.6 Å². The van der Waals surface area contributed by atoms with Crippen molar-refractivity contribution < 1.29 is 13.2 Å². The minimum atomic E-state index is -3.23. The molecule has 0 N–H and O–H groups in total. The van der Waals surface area contributed by atoms with Crippen molar-refractivity contribution >= 4 is 33.0 Å². The molecule has 9 heteroatoms. The fraction of sp³-hybridized carbons (Fsp3) is 0.467. The molecule has 7 nitrogen and oxygen atoms in total. The molecular formula is C15H21ClN4O3S. The average Bonchev–Trinajstić information content (AvgIpc) is 2.81. The first-order valence-electron chi connectivity index (χ1n) is 7.35. The number of pyridine rings is 1. The second-order valence-corrected chi connectivity index (χ2v) is 8.51. The molecule has 0 aromatic carbocycles. The molecular weight excluding hydrogens is 352 g/mol. The van der Waals surface area contributed by atoms with E-state index >= 15 is 0 Å². The maximum absolute atomic E-state index is 12.5. The van der Waals surface area contributed by atoms with Gasteiger partial charge in [-0.15, -0.1) is 0 Å². The van der Waals surface area contributed by atoms with Crippen LogP contribution in [0.25, 0.3) is 0 Å². The maximum atomic E-state index is 12.5. The van der Waals surface area contributed by atoms with Crippen molar-refractivity contribution in [3.8, 4) is 0 Å². The molecule has 0 saturated carbocycles. The Morgan fingerprint density at radius 2 is 2.17 bits per heavy atom. The van der Waals surface area contributed by atoms with Gasteiger partial charge in [-0.05, 0) is 12.1 Å². The van der Waals surface area contributed by atoms with Gasteiger partial charge in [0, 0.05) is 38.7 Å². The fourth-order valence-corrected chi connectivity index (χ4v) is 3.90. The number of hydrazine groups is 1. The lowest BCUT2D eigenvalue weighted by Crippen LogP contribution is -2.40. The number of carbonyl (C=O) groups excluding carboxylic acids is 1. The quantitative estimate of drug-likeness (QED) is 0.573. The molecule has 1 aliphatic heterocycles. The lowest BCUT2D eigenvalue weighted by molar-refractivity contribution is -0.131. The predicted molar refractivity (Wildman–Crippen MR) is 93.8 cm³/mol. The second kappa shape index (κ2) is 7.08. The molecule has 2 heterocycles. The van der Waals surface area contributed by atoms with E-state index in [2.05, 4.69) is 4.98 Å². The summed E-state index contributed by atoms with van der Waals surface area (Å²) in [4.78, 5) is 18.0. The van der Waals surface area contributed by atoms with Crippen molar-refractivity contribution in [2.24, 2.45) is 5.92 Å². The summed E-state index contributed by atoms with van der Waals surface area (Å²) in [6, 6.07) is 3.68. The molecule has 0 bridgehead atoms. The van der Waals surface area contributed by atoms with E-state index in [1.165, 1.54) is 4.90 Å². The summed E-state index contributed by atoms with van der Waals surface area (Å²) in [7, 11) is 0.166. The summed E-state index contributed by atoms with van der Waals surface area (Å²) in [6.45, 7) is 1.60. The molecule has 0 radical (unpaired) electrons. The number of halogens is 1. The van der Waals surface area contributed by atoms with Crippen molar-refractivity contribution in [1.82, 2.24) is 14.9 Å². The Morgan fingerprint density at radius 1 is 1.50 bits per heavy atom. The number of amides is 1. The van der Waals surface area contributed by atoms with Gasteiger partial charge in [-0.2, -0.15) is 5.01 Å². The number of aromatic nitrogens is 1. The van der Waals surface area contributed by atoms with Crippen molar-refractivity contribution in [2.75, 3.05) is 31.1 Å². The van der Waals surface area contributed by atoms with Crippen molar-refractivity contribution in [3.05, 3.63) is 36.4 Å². The van der Waals surface area contributed by atoms with E-state index in [9.17, 15) is 13.2 Å². The molecule has 0 spiro atoms. The number of likely N-dealkylation sites (N-methyl/N-ethyl adjacent to an activating group) is 2. The van der Waals surface area contributed by atoms with Crippen LogP contribution in [-0.4, -0.2) is 60.8 Å². The first-order valence-corrected chi connectivity index (χ1v) is 9.84. The van der Waals surface area contributed by atoms with Gasteiger partial charge in [-0.3, -0.25) is 14.8 Å². The van der Waals surface area contributed by atoms with Crippen LogP contribution in [0.2, 0.25) is 0 Å². The molecule has 1 aliphatic rings. The topological polar surface area (TPSA) is 73.8 Å². The Balaban J connectivity index is 2.22. The zero-order valence-electron chi connectivity index (χ0n) is 14.0. The van der Waals surface area contributed by atoms with Gasteiger partial charge < -0.3 is 4.90 Å². The Morgan fingerprint density at radius 3 is 2.71 bits per heavy atom. The number of hydrogen-bond acceptors (Lipinski definition) is 6. The monoisotopic (exact) mass is 372 g/mol. The van der Waals surface area contributed by atoms with Crippen LogP contribution < -0.4 is 5.01 Å². The molecule has 0 aliphatic carbocycles. The van der Waals surface area contributed by atoms with Gasteiger partial charge in [-0.1, -0.05) is 18.5 Å².